The van der Waals surface area contributed by atoms with Gasteiger partial charge in [0.2, 0.25) is 0 Å². The van der Waals surface area contributed by atoms with Crippen molar-refractivity contribution in [2.24, 2.45) is 23.5 Å². The number of ether oxygens (including phenoxy) is 1. The molecule has 1 saturated carbocycles. The van der Waals surface area contributed by atoms with Crippen molar-refractivity contribution >= 4 is 11.8 Å². The topological polar surface area (TPSA) is 120 Å². The van der Waals surface area contributed by atoms with E-state index in [0.29, 0.717) is 23.5 Å². The number of hydrogen-bond donors (Lipinski definition) is 6. The molecule has 162 valence electrons. The average Bonchev–Trinajstić information content (AvgIpc) is 3.03. The van der Waals surface area contributed by atoms with Crippen molar-refractivity contribution in [2.45, 2.75) is 87.1 Å². The number of nitrogens with one attached hydrogen (secondary N) is 2. The molecule has 1 aliphatic heterocycles. The van der Waals surface area contributed by atoms with Crippen LogP contribution >= 0.6 is 11.8 Å². The molecule has 1 heterocycles. The number of hydrogen-bond acceptors (Lipinski definition) is 8. The third kappa shape index (κ3) is 4.92. The maximum atomic E-state index is 10.8. The van der Waals surface area contributed by atoms with Gasteiger partial charge in [0.1, 0.15) is 12.5 Å². The number of thioether (sulfide) groups is 1. The van der Waals surface area contributed by atoms with Crippen LogP contribution in [-0.2, 0) is 4.74 Å². The Kier molecular flexibility index (Phi) is 8.21. The van der Waals surface area contributed by atoms with Crippen molar-refractivity contribution in [3.8, 4) is 0 Å². The molecule has 0 amide bonds. The summed E-state index contributed by atoms with van der Waals surface area (Å²) >= 11 is 1.78. The van der Waals surface area contributed by atoms with E-state index < -0.39 is 12.5 Å². The van der Waals surface area contributed by atoms with Gasteiger partial charge in [-0.05, 0) is 30.3 Å². The van der Waals surface area contributed by atoms with E-state index in [1.807, 2.05) is 6.08 Å². The minimum absolute atomic E-state index is 0.0829. The van der Waals surface area contributed by atoms with E-state index in [-0.39, 0.29) is 23.4 Å². The zero-order chi connectivity index (χ0) is 20.3. The van der Waals surface area contributed by atoms with Crippen LogP contribution in [0.2, 0.25) is 0 Å². The maximum absolute atomic E-state index is 10.8. The molecule has 0 spiro atoms. The Morgan fingerprint density at radius 3 is 2.54 bits per heavy atom. The molecular weight excluding hydrogens is 378 g/mol. The van der Waals surface area contributed by atoms with Crippen molar-refractivity contribution in [1.82, 2.24) is 10.8 Å². The molecule has 8 unspecified atom stereocenters. The first kappa shape index (κ1) is 22.5. The molecule has 7 nitrogen and oxygen atoms in total. The number of hydroxylamine groups is 1. The number of nitrogens with two attached hydrogens (primary N) is 1. The first-order valence-corrected chi connectivity index (χ1v) is 11.6. The van der Waals surface area contributed by atoms with E-state index in [4.69, 9.17) is 10.5 Å². The fourth-order valence-corrected chi connectivity index (χ4v) is 7.27. The van der Waals surface area contributed by atoms with E-state index in [1.165, 1.54) is 32.1 Å². The van der Waals surface area contributed by atoms with Gasteiger partial charge in [-0.15, -0.1) is 11.8 Å². The van der Waals surface area contributed by atoms with Crippen LogP contribution < -0.4 is 16.5 Å². The van der Waals surface area contributed by atoms with Gasteiger partial charge in [0.15, 0.2) is 0 Å². The summed E-state index contributed by atoms with van der Waals surface area (Å²) in [5.41, 5.74) is 9.12. The Balaban J connectivity index is 1.69. The molecule has 7 N–H and O–H groups in total. The predicted molar refractivity (Wildman–Crippen MR) is 111 cm³/mol. The van der Waals surface area contributed by atoms with Crippen molar-refractivity contribution in [2.75, 3.05) is 7.11 Å². The van der Waals surface area contributed by atoms with E-state index in [2.05, 4.69) is 17.7 Å². The summed E-state index contributed by atoms with van der Waals surface area (Å²) in [6, 6.07) is -0.341. The molecule has 2 fully saturated rings. The monoisotopic (exact) mass is 415 g/mol. The summed E-state index contributed by atoms with van der Waals surface area (Å²) in [5.74, 6) is 0.878. The zero-order valence-electron chi connectivity index (χ0n) is 17.0. The molecule has 28 heavy (non-hydrogen) atoms. The zero-order valence-corrected chi connectivity index (χ0v) is 17.8. The molecule has 2 aliphatic carbocycles. The first-order valence-electron chi connectivity index (χ1n) is 10.6. The molecule has 3 aliphatic rings. The van der Waals surface area contributed by atoms with Crippen molar-refractivity contribution < 1.29 is 20.2 Å². The van der Waals surface area contributed by atoms with Gasteiger partial charge < -0.3 is 25.9 Å². The summed E-state index contributed by atoms with van der Waals surface area (Å²) in [7, 11) is 1.62. The fourth-order valence-electron chi connectivity index (χ4n) is 5.49. The summed E-state index contributed by atoms with van der Waals surface area (Å²) in [5, 5.41) is 34.2. The molecule has 3 rings (SSSR count). The highest BCUT2D eigenvalue weighted by Gasteiger charge is 2.48. The van der Waals surface area contributed by atoms with Gasteiger partial charge in [0.25, 0.3) is 0 Å². The van der Waals surface area contributed by atoms with Crippen LogP contribution in [0.4, 0.5) is 0 Å². The fraction of sp³-hybridized carbons (Fsp3) is 0.900. The number of methoxy groups -OCH3 is 1. The van der Waals surface area contributed by atoms with E-state index in [1.54, 1.807) is 18.9 Å². The van der Waals surface area contributed by atoms with E-state index in [9.17, 15) is 15.4 Å². The minimum atomic E-state index is -0.904. The molecule has 0 bridgehead atoms. The Hall–Kier alpha value is -0.190. The SMILES string of the molecule is COC1CCC(C(O)NC2SC(C)C(C3CCCCC3)C2C(N)O)=CC1NO. The van der Waals surface area contributed by atoms with Crippen molar-refractivity contribution in [3.63, 3.8) is 0 Å². The Bertz CT molecular complexity index is 530. The lowest BCUT2D eigenvalue weighted by molar-refractivity contribution is 0.0150. The quantitative estimate of drug-likeness (QED) is 0.210. The van der Waals surface area contributed by atoms with E-state index in [0.717, 1.165) is 12.0 Å². The van der Waals surface area contributed by atoms with Gasteiger partial charge in [0, 0.05) is 18.3 Å². The Labute approximate surface area is 172 Å². The van der Waals surface area contributed by atoms with Gasteiger partial charge in [-0.3, -0.25) is 5.32 Å². The summed E-state index contributed by atoms with van der Waals surface area (Å²) in [6.45, 7) is 2.22. The third-order valence-corrected chi connectivity index (χ3v) is 8.41. The third-order valence-electron chi connectivity index (χ3n) is 6.92. The van der Waals surface area contributed by atoms with Gasteiger partial charge >= 0.3 is 0 Å². The molecule has 0 aromatic rings. The second kappa shape index (κ2) is 10.2. The van der Waals surface area contributed by atoms with E-state index >= 15 is 0 Å². The largest absolute Gasteiger partial charge is 0.379 e. The molecule has 1 saturated heterocycles. The van der Waals surface area contributed by atoms with Crippen LogP contribution in [0.15, 0.2) is 11.6 Å². The average molecular weight is 416 g/mol. The smallest absolute Gasteiger partial charge is 0.127 e. The summed E-state index contributed by atoms with van der Waals surface area (Å²) in [4.78, 5) is 0. The lowest BCUT2D eigenvalue weighted by atomic mass is 9.72. The highest BCUT2D eigenvalue weighted by molar-refractivity contribution is 8.00. The molecule has 0 aromatic heterocycles. The van der Waals surface area contributed by atoms with Crippen molar-refractivity contribution in [1.29, 1.82) is 0 Å². The van der Waals surface area contributed by atoms with Crippen LogP contribution in [0.25, 0.3) is 0 Å². The summed E-state index contributed by atoms with van der Waals surface area (Å²) < 4.78 is 5.38. The van der Waals surface area contributed by atoms with Gasteiger partial charge in [-0.2, -0.15) is 5.48 Å². The van der Waals surface area contributed by atoms with Crippen LogP contribution in [0.3, 0.4) is 0 Å². The molecule has 8 atom stereocenters. The second-order valence-corrected chi connectivity index (χ2v) is 10.1. The van der Waals surface area contributed by atoms with Gasteiger partial charge in [0.05, 0.1) is 17.5 Å². The predicted octanol–water partition coefficient (Wildman–Crippen LogP) is 1.53. The Morgan fingerprint density at radius 1 is 1.21 bits per heavy atom. The van der Waals surface area contributed by atoms with Crippen LogP contribution in [0.5, 0.6) is 0 Å². The lowest BCUT2D eigenvalue weighted by Crippen LogP contribution is -2.50. The van der Waals surface area contributed by atoms with Gasteiger partial charge in [-0.1, -0.05) is 45.1 Å². The van der Waals surface area contributed by atoms with Gasteiger partial charge in [-0.25, -0.2) is 0 Å². The molecular formula is C20H37N3O4S. The van der Waals surface area contributed by atoms with Crippen LogP contribution in [-0.4, -0.2) is 57.8 Å². The van der Waals surface area contributed by atoms with Crippen LogP contribution in [0.1, 0.15) is 51.9 Å². The molecule has 8 heteroatoms. The normalized spacial score (nSPS) is 39.6. The summed E-state index contributed by atoms with van der Waals surface area (Å²) in [6.07, 6.45) is 7.65. The number of rotatable bonds is 7. The highest BCUT2D eigenvalue weighted by atomic mass is 32.2. The second-order valence-electron chi connectivity index (χ2n) is 8.58. The standard InChI is InChI=1S/C20H37N3O4S/c1-11-16(12-6-4-3-5-7-12)17(18(21)24)20(28-11)22-19(25)13-8-9-15(27-2)14(10-13)23-26/h10-12,14-20,22-26H,3-9,21H2,1-2H3. The number of aliphatic hydroxyl groups is 2. The Morgan fingerprint density at radius 2 is 1.93 bits per heavy atom. The minimum Gasteiger partial charge on any atom is -0.379 e. The first-order chi connectivity index (χ1) is 13.5. The lowest BCUT2D eigenvalue weighted by Gasteiger charge is -2.36. The molecule has 0 radical (unpaired) electrons. The number of aliphatic hydroxyl groups excluding tert-OH is 2. The van der Waals surface area contributed by atoms with Crippen LogP contribution in [0, 0.1) is 17.8 Å². The van der Waals surface area contributed by atoms with Crippen molar-refractivity contribution in [3.05, 3.63) is 11.6 Å². The molecule has 0 aromatic carbocycles. The maximum Gasteiger partial charge on any atom is 0.127 e. The highest BCUT2D eigenvalue weighted by Crippen LogP contribution is 2.50.